The van der Waals surface area contributed by atoms with Crippen LogP contribution in [0.5, 0.6) is 0 Å². The molecule has 0 radical (unpaired) electrons. The molecular formula is C38H51FN2O4S. The van der Waals surface area contributed by atoms with Crippen molar-refractivity contribution in [2.45, 2.75) is 112 Å². The summed E-state index contributed by atoms with van der Waals surface area (Å²) in [5.41, 5.74) is 3.36. The van der Waals surface area contributed by atoms with Crippen molar-refractivity contribution in [2.24, 2.45) is 23.7 Å². The van der Waals surface area contributed by atoms with Crippen molar-refractivity contribution in [1.29, 1.82) is 0 Å². The number of likely N-dealkylation sites (N-methyl/N-ethyl adjacent to an activating group) is 1. The minimum atomic E-state index is -3.13. The Hall–Kier alpha value is -2.45. The van der Waals surface area contributed by atoms with Gasteiger partial charge in [-0.3, -0.25) is 4.79 Å². The van der Waals surface area contributed by atoms with Crippen molar-refractivity contribution >= 4 is 21.5 Å². The Kier molecular flexibility index (Phi) is 8.98. The maximum Gasteiger partial charge on any atom is 0.302 e. The molecule has 2 heterocycles. The highest BCUT2D eigenvalue weighted by Crippen LogP contribution is 2.55. The molecule has 0 spiro atoms. The number of carbonyl (C=O) groups excluding carboxylic acids is 1. The number of ether oxygens (including phenoxy) is 1. The fourth-order valence-electron chi connectivity index (χ4n) is 9.88. The summed E-state index contributed by atoms with van der Waals surface area (Å²) in [4.78, 5) is 17.4. The largest absolute Gasteiger partial charge is 0.462 e. The van der Waals surface area contributed by atoms with Gasteiger partial charge in [-0.1, -0.05) is 31.7 Å². The highest BCUT2D eigenvalue weighted by Gasteiger charge is 2.55. The van der Waals surface area contributed by atoms with Gasteiger partial charge in [-0.15, -0.1) is 0 Å². The summed E-state index contributed by atoms with van der Waals surface area (Å²) in [5.74, 6) is 1.77. The number of nitrogens with zero attached hydrogens (tertiary/aromatic N) is 2. The molecule has 1 unspecified atom stereocenters. The first-order valence-corrected chi connectivity index (χ1v) is 19.4. The van der Waals surface area contributed by atoms with E-state index >= 15 is 0 Å². The molecule has 3 atom stereocenters. The zero-order valence-corrected chi connectivity index (χ0v) is 28.4. The van der Waals surface area contributed by atoms with Gasteiger partial charge in [0, 0.05) is 50.1 Å². The van der Waals surface area contributed by atoms with Gasteiger partial charge >= 0.3 is 5.97 Å². The molecule has 2 aromatic carbocycles. The number of esters is 1. The van der Waals surface area contributed by atoms with Gasteiger partial charge in [0.15, 0.2) is 9.84 Å². The zero-order valence-electron chi connectivity index (χ0n) is 27.6. The van der Waals surface area contributed by atoms with Crippen molar-refractivity contribution in [1.82, 2.24) is 4.90 Å². The molecule has 0 amide bonds. The van der Waals surface area contributed by atoms with Gasteiger partial charge in [-0.05, 0) is 124 Å². The van der Waals surface area contributed by atoms with Crippen LogP contribution in [-0.2, 0) is 31.3 Å². The minimum absolute atomic E-state index is 0.0893. The van der Waals surface area contributed by atoms with Gasteiger partial charge in [0.25, 0.3) is 0 Å². The predicted molar refractivity (Wildman–Crippen MR) is 179 cm³/mol. The van der Waals surface area contributed by atoms with Crippen LogP contribution in [0.2, 0.25) is 0 Å². The normalized spacial score (nSPS) is 30.5. The Morgan fingerprint density at radius 3 is 2.35 bits per heavy atom. The molecule has 0 aromatic heterocycles. The van der Waals surface area contributed by atoms with Crippen molar-refractivity contribution in [3.8, 4) is 0 Å². The van der Waals surface area contributed by atoms with Crippen LogP contribution in [0.4, 0.5) is 10.1 Å². The summed E-state index contributed by atoms with van der Waals surface area (Å²) >= 11 is 0. The molecule has 4 fully saturated rings. The van der Waals surface area contributed by atoms with Gasteiger partial charge < -0.3 is 14.5 Å². The second-order valence-electron chi connectivity index (χ2n) is 15.4. The second kappa shape index (κ2) is 12.9. The van der Waals surface area contributed by atoms with E-state index in [0.29, 0.717) is 16.7 Å². The molecule has 1 saturated heterocycles. The Labute approximate surface area is 275 Å². The second-order valence-corrected chi connectivity index (χ2v) is 17.6. The molecule has 7 rings (SSSR count). The van der Waals surface area contributed by atoms with Crippen LogP contribution in [0.15, 0.2) is 47.4 Å². The molecule has 0 N–H and O–H groups in total. The van der Waals surface area contributed by atoms with E-state index in [9.17, 15) is 17.6 Å². The molecule has 2 aliphatic heterocycles. The maximum absolute atomic E-state index is 14.9. The molecule has 0 bridgehead atoms. The number of carbonyl (C=O) groups is 1. The Balaban J connectivity index is 0.947. The fraction of sp³-hybridized carbons (Fsp3) is 0.658. The first kappa shape index (κ1) is 32.1. The maximum atomic E-state index is 14.9. The summed E-state index contributed by atoms with van der Waals surface area (Å²) in [5, 5.41) is -0.162. The summed E-state index contributed by atoms with van der Waals surface area (Å²) in [6.07, 6.45) is 13.0. The molecule has 3 saturated carbocycles. The molecule has 250 valence electrons. The van der Waals surface area contributed by atoms with E-state index < -0.39 is 9.84 Å². The van der Waals surface area contributed by atoms with E-state index in [4.69, 9.17) is 4.74 Å². The van der Waals surface area contributed by atoms with Gasteiger partial charge in [-0.25, -0.2) is 12.8 Å². The first-order valence-electron chi connectivity index (χ1n) is 17.9. The van der Waals surface area contributed by atoms with Gasteiger partial charge in [0.1, 0.15) is 11.9 Å². The lowest BCUT2D eigenvalue weighted by Gasteiger charge is -2.54. The smallest absolute Gasteiger partial charge is 0.302 e. The highest BCUT2D eigenvalue weighted by atomic mass is 32.2. The zero-order chi connectivity index (χ0) is 32.1. The van der Waals surface area contributed by atoms with Gasteiger partial charge in [-0.2, -0.15) is 0 Å². The highest BCUT2D eigenvalue weighted by molar-refractivity contribution is 7.92. The lowest BCUT2D eigenvalue weighted by molar-refractivity contribution is -0.150. The monoisotopic (exact) mass is 650 g/mol. The SMILES string of the molecule is CC(=O)O[C@H]1CCC[C@@H]1C1(C2CCC(CCCC3CN(c4ccc(S(=O)(=O)C5CC5)cc4)C3)CC2)CN(C)Cc2ccc(F)cc21. The average molecular weight is 651 g/mol. The first-order chi connectivity index (χ1) is 22.1. The van der Waals surface area contributed by atoms with Gasteiger partial charge in [0.2, 0.25) is 0 Å². The number of anilines is 1. The number of rotatable bonds is 10. The number of sulfone groups is 1. The molecule has 5 aliphatic rings. The number of halogens is 1. The summed E-state index contributed by atoms with van der Waals surface area (Å²) < 4.78 is 45.9. The fourth-order valence-corrected chi connectivity index (χ4v) is 11.5. The summed E-state index contributed by atoms with van der Waals surface area (Å²) in [6, 6.07) is 13.0. The lowest BCUT2D eigenvalue weighted by atomic mass is 9.55. The number of hydrogen-bond acceptors (Lipinski definition) is 6. The molecular weight excluding hydrogens is 599 g/mol. The summed E-state index contributed by atoms with van der Waals surface area (Å²) in [7, 11) is -0.933. The van der Waals surface area contributed by atoms with E-state index in [1.165, 1.54) is 50.2 Å². The van der Waals surface area contributed by atoms with E-state index in [-0.39, 0.29) is 34.5 Å². The number of hydrogen-bond donors (Lipinski definition) is 0. The van der Waals surface area contributed by atoms with E-state index in [1.807, 2.05) is 24.3 Å². The van der Waals surface area contributed by atoms with E-state index in [2.05, 4.69) is 16.8 Å². The van der Waals surface area contributed by atoms with Crippen LogP contribution >= 0.6 is 0 Å². The minimum Gasteiger partial charge on any atom is -0.462 e. The number of benzene rings is 2. The average Bonchev–Trinajstić information content (AvgIpc) is 3.78. The van der Waals surface area contributed by atoms with Crippen LogP contribution in [0.3, 0.4) is 0 Å². The third-order valence-corrected chi connectivity index (χ3v) is 14.5. The number of fused-ring (bicyclic) bond motifs is 1. The topological polar surface area (TPSA) is 66.9 Å². The van der Waals surface area contributed by atoms with Gasteiger partial charge in [0.05, 0.1) is 10.1 Å². The van der Waals surface area contributed by atoms with Crippen molar-refractivity contribution < 1.29 is 22.3 Å². The molecule has 2 aromatic rings. The van der Waals surface area contributed by atoms with Crippen molar-refractivity contribution in [2.75, 3.05) is 31.6 Å². The molecule has 46 heavy (non-hydrogen) atoms. The molecule has 8 heteroatoms. The molecule has 3 aliphatic carbocycles. The predicted octanol–water partition coefficient (Wildman–Crippen LogP) is 7.29. The quantitative estimate of drug-likeness (QED) is 0.252. The lowest BCUT2D eigenvalue weighted by Crippen LogP contribution is -2.56. The Morgan fingerprint density at radius 1 is 0.935 bits per heavy atom. The van der Waals surface area contributed by atoms with E-state index in [0.717, 1.165) is 82.7 Å². The third-order valence-electron chi connectivity index (χ3n) is 12.2. The standard InChI is InChI=1S/C38H51FN2O4S/c1-26(42)45-37-8-4-7-35(37)38(25-40(2)24-29-11-14-31(39)21-36(29)38)30-12-9-27(10-13-30)5-3-6-28-22-41(23-28)32-15-17-33(18-16-32)46(43,44)34-19-20-34/h11,14-18,21,27-28,30,34-35,37H,3-10,12-13,19-20,22-25H2,1-2H3/t27?,30?,35-,37-,38?/m0/s1. The summed E-state index contributed by atoms with van der Waals surface area (Å²) in [6.45, 7) is 5.37. The van der Waals surface area contributed by atoms with Crippen molar-refractivity contribution in [3.05, 3.63) is 59.4 Å². The van der Waals surface area contributed by atoms with Crippen LogP contribution in [0, 0.1) is 29.5 Å². The Bertz CT molecular complexity index is 1510. The van der Waals surface area contributed by atoms with Crippen LogP contribution in [0.25, 0.3) is 0 Å². The van der Waals surface area contributed by atoms with E-state index in [1.54, 1.807) is 18.2 Å². The van der Waals surface area contributed by atoms with Crippen LogP contribution in [-0.4, -0.2) is 57.3 Å². The molecule has 6 nitrogen and oxygen atoms in total. The van der Waals surface area contributed by atoms with Crippen molar-refractivity contribution in [3.63, 3.8) is 0 Å². The Morgan fingerprint density at radius 2 is 1.65 bits per heavy atom. The van der Waals surface area contributed by atoms with Crippen LogP contribution in [0.1, 0.15) is 95.1 Å². The van der Waals surface area contributed by atoms with Crippen LogP contribution < -0.4 is 4.90 Å². The third kappa shape index (κ3) is 6.25.